The van der Waals surface area contributed by atoms with Crippen LogP contribution in [-0.4, -0.2) is 20.7 Å². The molecule has 0 saturated heterocycles. The maximum absolute atomic E-state index is 12.4. The Hall–Kier alpha value is -3.93. The van der Waals surface area contributed by atoms with Crippen LogP contribution in [0.4, 0.5) is 11.6 Å². The van der Waals surface area contributed by atoms with Crippen LogP contribution in [0.1, 0.15) is 21.5 Å². The minimum atomic E-state index is -0.222. The predicted molar refractivity (Wildman–Crippen MR) is 115 cm³/mol. The van der Waals surface area contributed by atoms with E-state index >= 15 is 0 Å². The summed E-state index contributed by atoms with van der Waals surface area (Å²) in [5.41, 5.74) is 10.6. The lowest BCUT2D eigenvalue weighted by molar-refractivity contribution is 0.102. The first-order valence-corrected chi connectivity index (χ1v) is 9.30. The molecule has 4 rings (SSSR count). The number of nitrogens with zero attached hydrogens (tertiary/aromatic N) is 3. The van der Waals surface area contributed by atoms with E-state index in [1.165, 1.54) is 5.56 Å². The maximum atomic E-state index is 12.4. The van der Waals surface area contributed by atoms with Crippen molar-refractivity contribution >= 4 is 17.5 Å². The van der Waals surface area contributed by atoms with Crippen molar-refractivity contribution in [2.75, 3.05) is 11.1 Å². The monoisotopic (exact) mass is 383 g/mol. The number of hydrogen-bond donors (Lipinski definition) is 2. The van der Waals surface area contributed by atoms with Crippen LogP contribution in [0.25, 0.3) is 11.1 Å². The molecule has 0 fully saturated rings. The second kappa shape index (κ2) is 7.98. The molecule has 0 radical (unpaired) electrons. The average molecular weight is 383 g/mol. The number of aryl methyl sites for hydroxylation is 1. The lowest BCUT2D eigenvalue weighted by Crippen LogP contribution is -2.13. The van der Waals surface area contributed by atoms with E-state index in [0.717, 1.165) is 16.7 Å². The number of nitrogens with one attached hydrogen (secondary N) is 1. The molecule has 0 aliphatic rings. The fourth-order valence-corrected chi connectivity index (χ4v) is 3.04. The van der Waals surface area contributed by atoms with Crippen LogP contribution in [-0.2, 0) is 6.54 Å². The fraction of sp³-hybridized carbons (Fsp3) is 0.0870. The molecule has 2 heterocycles. The van der Waals surface area contributed by atoms with E-state index in [0.29, 0.717) is 23.7 Å². The number of amides is 1. The van der Waals surface area contributed by atoms with Crippen molar-refractivity contribution in [2.24, 2.45) is 0 Å². The first-order chi connectivity index (χ1) is 14.1. The summed E-state index contributed by atoms with van der Waals surface area (Å²) in [6.45, 7) is 2.66. The molecule has 0 aliphatic heterocycles. The molecule has 2 aromatic heterocycles. The molecule has 3 N–H and O–H groups in total. The number of benzene rings is 2. The second-order valence-electron chi connectivity index (χ2n) is 6.86. The van der Waals surface area contributed by atoms with E-state index in [9.17, 15) is 4.79 Å². The zero-order valence-corrected chi connectivity index (χ0v) is 16.0. The van der Waals surface area contributed by atoms with Crippen LogP contribution in [0.15, 0.2) is 79.1 Å². The molecule has 0 bridgehead atoms. The number of rotatable bonds is 5. The third kappa shape index (κ3) is 4.32. The quantitative estimate of drug-likeness (QED) is 0.542. The minimum absolute atomic E-state index is 0.222. The third-order valence-electron chi connectivity index (χ3n) is 4.61. The van der Waals surface area contributed by atoms with Gasteiger partial charge in [-0.15, -0.1) is 0 Å². The van der Waals surface area contributed by atoms with Crippen LogP contribution in [0.2, 0.25) is 0 Å². The number of carbonyl (C=O) groups is 1. The van der Waals surface area contributed by atoms with Gasteiger partial charge in [-0.3, -0.25) is 9.48 Å². The van der Waals surface area contributed by atoms with Gasteiger partial charge in [0.05, 0.1) is 12.7 Å². The number of aromatic nitrogens is 3. The van der Waals surface area contributed by atoms with Gasteiger partial charge in [0.25, 0.3) is 5.91 Å². The second-order valence-corrected chi connectivity index (χ2v) is 6.86. The van der Waals surface area contributed by atoms with Gasteiger partial charge in [0.15, 0.2) is 0 Å². The molecule has 1 amide bonds. The van der Waals surface area contributed by atoms with Crippen molar-refractivity contribution in [1.82, 2.24) is 14.8 Å². The van der Waals surface area contributed by atoms with Crippen LogP contribution >= 0.6 is 0 Å². The molecular formula is C23H21N5O. The van der Waals surface area contributed by atoms with Crippen molar-refractivity contribution in [3.8, 4) is 11.1 Å². The molecule has 0 atom stereocenters. The molecule has 29 heavy (non-hydrogen) atoms. The molecule has 0 spiro atoms. The smallest absolute Gasteiger partial charge is 0.256 e. The first kappa shape index (κ1) is 18.4. The van der Waals surface area contributed by atoms with Crippen LogP contribution in [0.3, 0.4) is 0 Å². The van der Waals surface area contributed by atoms with Gasteiger partial charge in [-0.1, -0.05) is 48.0 Å². The number of pyridine rings is 1. The van der Waals surface area contributed by atoms with Crippen molar-refractivity contribution in [3.05, 3.63) is 95.8 Å². The molecule has 4 aromatic rings. The van der Waals surface area contributed by atoms with E-state index in [-0.39, 0.29) is 5.91 Å². The lowest BCUT2D eigenvalue weighted by atomic mass is 10.1. The Morgan fingerprint density at radius 2 is 1.79 bits per heavy atom. The highest BCUT2D eigenvalue weighted by molar-refractivity contribution is 6.04. The van der Waals surface area contributed by atoms with Crippen LogP contribution in [0.5, 0.6) is 0 Å². The predicted octanol–water partition coefficient (Wildman–Crippen LogP) is 4.14. The molecule has 6 nitrogen and oxygen atoms in total. The summed E-state index contributed by atoms with van der Waals surface area (Å²) in [5, 5.41) is 7.19. The number of anilines is 2. The van der Waals surface area contributed by atoms with Crippen LogP contribution in [0, 0.1) is 6.92 Å². The van der Waals surface area contributed by atoms with Gasteiger partial charge in [0.1, 0.15) is 11.6 Å². The summed E-state index contributed by atoms with van der Waals surface area (Å²) in [5.74, 6) is 0.528. The molecule has 0 aliphatic carbocycles. The summed E-state index contributed by atoms with van der Waals surface area (Å²) < 4.78 is 1.86. The van der Waals surface area contributed by atoms with Gasteiger partial charge >= 0.3 is 0 Å². The minimum Gasteiger partial charge on any atom is -0.383 e. The van der Waals surface area contributed by atoms with Crippen molar-refractivity contribution < 1.29 is 4.79 Å². The Labute approximate surface area is 169 Å². The SMILES string of the molecule is Cc1ccc(C(=O)Nc2ccc(-c3cnn(Cc4ccccc4)c3)c(N)n2)cc1. The average Bonchev–Trinajstić information content (AvgIpc) is 3.17. The van der Waals surface area contributed by atoms with Crippen molar-refractivity contribution in [3.63, 3.8) is 0 Å². The number of nitrogens with two attached hydrogens (primary N) is 1. The summed E-state index contributed by atoms with van der Waals surface area (Å²) in [7, 11) is 0. The normalized spacial score (nSPS) is 10.7. The molecule has 6 heteroatoms. The highest BCUT2D eigenvalue weighted by Gasteiger charge is 2.11. The fourth-order valence-electron chi connectivity index (χ4n) is 3.04. The summed E-state index contributed by atoms with van der Waals surface area (Å²) >= 11 is 0. The van der Waals surface area contributed by atoms with Crippen molar-refractivity contribution in [1.29, 1.82) is 0 Å². The Balaban J connectivity index is 1.49. The number of carbonyl (C=O) groups excluding carboxylic acids is 1. The van der Waals surface area contributed by atoms with Crippen molar-refractivity contribution in [2.45, 2.75) is 13.5 Å². The summed E-state index contributed by atoms with van der Waals surface area (Å²) in [4.78, 5) is 16.7. The van der Waals surface area contributed by atoms with E-state index in [1.54, 1.807) is 24.4 Å². The Kier molecular flexibility index (Phi) is 5.07. The maximum Gasteiger partial charge on any atom is 0.256 e. The van der Waals surface area contributed by atoms with E-state index in [2.05, 4.69) is 27.5 Å². The van der Waals surface area contributed by atoms with Gasteiger partial charge in [-0.25, -0.2) is 4.98 Å². The van der Waals surface area contributed by atoms with E-state index < -0.39 is 0 Å². The van der Waals surface area contributed by atoms with E-state index in [1.807, 2.05) is 54.2 Å². The van der Waals surface area contributed by atoms with Crippen LogP contribution < -0.4 is 11.1 Å². The largest absolute Gasteiger partial charge is 0.383 e. The standard InChI is InChI=1S/C23H21N5O/c1-16-7-9-18(10-8-16)23(29)27-21-12-11-20(22(24)26-21)19-13-25-28(15-19)14-17-5-3-2-4-6-17/h2-13,15H,14H2,1H3,(H3,24,26,27,29). The molecule has 2 aromatic carbocycles. The van der Waals surface area contributed by atoms with Gasteiger partial charge in [-0.2, -0.15) is 5.10 Å². The van der Waals surface area contributed by atoms with Gasteiger partial charge in [-0.05, 0) is 36.8 Å². The van der Waals surface area contributed by atoms with E-state index in [4.69, 9.17) is 5.73 Å². The molecular weight excluding hydrogens is 362 g/mol. The Morgan fingerprint density at radius 1 is 1.03 bits per heavy atom. The van der Waals surface area contributed by atoms with Gasteiger partial charge in [0.2, 0.25) is 0 Å². The zero-order valence-electron chi connectivity index (χ0n) is 16.0. The summed E-state index contributed by atoms with van der Waals surface area (Å²) in [6.07, 6.45) is 3.70. The number of hydrogen-bond acceptors (Lipinski definition) is 4. The topological polar surface area (TPSA) is 85.8 Å². The Bertz CT molecular complexity index is 1130. The summed E-state index contributed by atoms with van der Waals surface area (Å²) in [6, 6.07) is 21.1. The molecule has 144 valence electrons. The zero-order chi connectivity index (χ0) is 20.2. The first-order valence-electron chi connectivity index (χ1n) is 9.30. The molecule has 0 saturated carbocycles. The molecule has 0 unspecified atom stereocenters. The highest BCUT2D eigenvalue weighted by atomic mass is 16.1. The third-order valence-corrected chi connectivity index (χ3v) is 4.61. The highest BCUT2D eigenvalue weighted by Crippen LogP contribution is 2.26. The number of nitrogen functional groups attached to an aromatic ring is 1. The lowest BCUT2D eigenvalue weighted by Gasteiger charge is -2.08. The van der Waals surface area contributed by atoms with Gasteiger partial charge < -0.3 is 11.1 Å². The van der Waals surface area contributed by atoms with Gasteiger partial charge in [0, 0.05) is 22.9 Å². The Morgan fingerprint density at radius 3 is 2.52 bits per heavy atom.